The van der Waals surface area contributed by atoms with E-state index in [1.54, 1.807) is 12.4 Å². The Morgan fingerprint density at radius 1 is 1.33 bits per heavy atom. The van der Waals surface area contributed by atoms with E-state index in [2.05, 4.69) is 21.8 Å². The Hall–Kier alpha value is -0.610. The van der Waals surface area contributed by atoms with Gasteiger partial charge in [-0.1, -0.05) is 29.3 Å². The van der Waals surface area contributed by atoms with Gasteiger partial charge in [-0.2, -0.15) is 0 Å². The molecule has 1 aliphatic rings. The van der Waals surface area contributed by atoms with E-state index < -0.39 is 0 Å². The monoisotopic (exact) mass is 285 g/mol. The standard InChI is InChI=1S/C13H17Cl2N3/c1-2-3-12(18-6-4-16-5-7-18)13-10(14)8-17-9-11(13)15/h2,8-9,12,16H,1,3-7H2/t12-/m0/s1. The van der Waals surface area contributed by atoms with Crippen LogP contribution in [0.3, 0.4) is 0 Å². The van der Waals surface area contributed by atoms with Gasteiger partial charge >= 0.3 is 0 Å². The van der Waals surface area contributed by atoms with Crippen LogP contribution in [-0.4, -0.2) is 36.1 Å². The molecule has 1 fully saturated rings. The molecule has 18 heavy (non-hydrogen) atoms. The summed E-state index contributed by atoms with van der Waals surface area (Å²) in [6, 6.07) is 0.188. The lowest BCUT2D eigenvalue weighted by Crippen LogP contribution is -2.45. The zero-order chi connectivity index (χ0) is 13.0. The van der Waals surface area contributed by atoms with E-state index in [1.807, 2.05) is 6.08 Å². The molecular weight excluding hydrogens is 269 g/mol. The molecule has 1 atom stereocenters. The SMILES string of the molecule is C=CC[C@@H](c1c(Cl)cncc1Cl)N1CCNCC1. The van der Waals surface area contributed by atoms with Gasteiger partial charge in [-0.3, -0.25) is 9.88 Å². The van der Waals surface area contributed by atoms with Gasteiger partial charge in [-0.25, -0.2) is 0 Å². The summed E-state index contributed by atoms with van der Waals surface area (Å²) in [5, 5.41) is 4.61. The Labute approximate surface area is 118 Å². The number of pyridine rings is 1. The zero-order valence-electron chi connectivity index (χ0n) is 10.2. The van der Waals surface area contributed by atoms with Crippen molar-refractivity contribution < 1.29 is 0 Å². The normalized spacial score (nSPS) is 18.6. The van der Waals surface area contributed by atoms with Crippen LogP contribution >= 0.6 is 23.2 Å². The van der Waals surface area contributed by atoms with Gasteiger partial charge in [0, 0.05) is 50.2 Å². The highest BCUT2D eigenvalue weighted by molar-refractivity contribution is 6.35. The predicted molar refractivity (Wildman–Crippen MR) is 76.3 cm³/mol. The third kappa shape index (κ3) is 3.04. The number of halogens is 2. The molecule has 0 aromatic carbocycles. The van der Waals surface area contributed by atoms with E-state index in [1.165, 1.54) is 0 Å². The number of nitrogens with one attached hydrogen (secondary N) is 1. The largest absolute Gasteiger partial charge is 0.314 e. The molecular formula is C13H17Cl2N3. The van der Waals surface area contributed by atoms with Gasteiger partial charge in [0.15, 0.2) is 0 Å². The highest BCUT2D eigenvalue weighted by Gasteiger charge is 2.25. The highest BCUT2D eigenvalue weighted by Crippen LogP contribution is 2.35. The molecule has 0 saturated carbocycles. The lowest BCUT2D eigenvalue weighted by molar-refractivity contribution is 0.174. The first-order chi connectivity index (χ1) is 8.74. The van der Waals surface area contributed by atoms with Crippen molar-refractivity contribution in [2.24, 2.45) is 0 Å². The van der Waals surface area contributed by atoms with E-state index >= 15 is 0 Å². The maximum atomic E-state index is 6.26. The van der Waals surface area contributed by atoms with Crippen molar-refractivity contribution in [2.75, 3.05) is 26.2 Å². The Morgan fingerprint density at radius 3 is 2.50 bits per heavy atom. The first-order valence-electron chi connectivity index (χ1n) is 6.08. The molecule has 5 heteroatoms. The second-order valence-corrected chi connectivity index (χ2v) is 5.16. The molecule has 3 nitrogen and oxygen atoms in total. The van der Waals surface area contributed by atoms with Crippen molar-refractivity contribution in [1.82, 2.24) is 15.2 Å². The Balaban J connectivity index is 2.30. The van der Waals surface area contributed by atoms with Crippen LogP contribution in [0.25, 0.3) is 0 Å². The molecule has 98 valence electrons. The van der Waals surface area contributed by atoms with Gasteiger partial charge in [0.1, 0.15) is 0 Å². The number of rotatable bonds is 4. The van der Waals surface area contributed by atoms with Gasteiger partial charge in [-0.05, 0) is 6.42 Å². The first kappa shape index (κ1) is 13.8. The molecule has 1 aromatic heterocycles. The van der Waals surface area contributed by atoms with Gasteiger partial charge in [0.05, 0.1) is 10.0 Å². The van der Waals surface area contributed by atoms with Gasteiger partial charge in [0.2, 0.25) is 0 Å². The van der Waals surface area contributed by atoms with Crippen LogP contribution in [0.15, 0.2) is 25.0 Å². The smallest absolute Gasteiger partial charge is 0.0652 e. The quantitative estimate of drug-likeness (QED) is 0.863. The lowest BCUT2D eigenvalue weighted by atomic mass is 10.0. The molecule has 1 aromatic rings. The summed E-state index contributed by atoms with van der Waals surface area (Å²) in [6.45, 7) is 7.81. The third-order valence-electron chi connectivity index (χ3n) is 3.21. The van der Waals surface area contributed by atoms with Gasteiger partial charge < -0.3 is 5.32 Å². The molecule has 0 unspecified atom stereocenters. The minimum Gasteiger partial charge on any atom is -0.314 e. The summed E-state index contributed by atoms with van der Waals surface area (Å²) in [7, 11) is 0. The van der Waals surface area contributed by atoms with Crippen molar-refractivity contribution in [3.63, 3.8) is 0 Å². The second-order valence-electron chi connectivity index (χ2n) is 4.34. The van der Waals surface area contributed by atoms with Crippen LogP contribution in [0.2, 0.25) is 10.0 Å². The van der Waals surface area contributed by atoms with Crippen molar-refractivity contribution >= 4 is 23.2 Å². The van der Waals surface area contributed by atoms with Gasteiger partial charge in [0.25, 0.3) is 0 Å². The lowest BCUT2D eigenvalue weighted by Gasteiger charge is -2.35. The Morgan fingerprint density at radius 2 is 1.94 bits per heavy atom. The molecule has 0 radical (unpaired) electrons. The van der Waals surface area contributed by atoms with Crippen LogP contribution in [0, 0.1) is 0 Å². The minimum atomic E-state index is 0.188. The maximum absolute atomic E-state index is 6.26. The number of nitrogens with zero attached hydrogens (tertiary/aromatic N) is 2. The number of aromatic nitrogens is 1. The van der Waals surface area contributed by atoms with E-state index in [0.29, 0.717) is 10.0 Å². The number of piperazine rings is 1. The third-order valence-corrected chi connectivity index (χ3v) is 3.81. The van der Waals surface area contributed by atoms with E-state index in [0.717, 1.165) is 38.2 Å². The van der Waals surface area contributed by atoms with Crippen molar-refractivity contribution in [1.29, 1.82) is 0 Å². The van der Waals surface area contributed by atoms with Gasteiger partial charge in [-0.15, -0.1) is 6.58 Å². The van der Waals surface area contributed by atoms with Crippen molar-refractivity contribution in [3.05, 3.63) is 40.7 Å². The van der Waals surface area contributed by atoms with Crippen LogP contribution in [0.1, 0.15) is 18.0 Å². The van der Waals surface area contributed by atoms with E-state index in [-0.39, 0.29) is 6.04 Å². The van der Waals surface area contributed by atoms with Crippen molar-refractivity contribution in [2.45, 2.75) is 12.5 Å². The van der Waals surface area contributed by atoms with E-state index in [9.17, 15) is 0 Å². The molecule has 0 aliphatic carbocycles. The topological polar surface area (TPSA) is 28.2 Å². The second kappa shape index (κ2) is 6.53. The molecule has 2 heterocycles. The Bertz CT molecular complexity index is 396. The van der Waals surface area contributed by atoms with Crippen molar-refractivity contribution in [3.8, 4) is 0 Å². The first-order valence-corrected chi connectivity index (χ1v) is 6.84. The molecule has 1 N–H and O–H groups in total. The summed E-state index contributed by atoms with van der Waals surface area (Å²) in [5.74, 6) is 0. The van der Waals surface area contributed by atoms with Crippen LogP contribution in [0.4, 0.5) is 0 Å². The average molecular weight is 286 g/mol. The number of hydrogen-bond donors (Lipinski definition) is 1. The summed E-state index contributed by atoms with van der Waals surface area (Å²) in [6.07, 6.45) is 6.06. The molecule has 1 saturated heterocycles. The minimum absolute atomic E-state index is 0.188. The summed E-state index contributed by atoms with van der Waals surface area (Å²) >= 11 is 12.5. The Kier molecular flexibility index (Phi) is 5.01. The highest BCUT2D eigenvalue weighted by atomic mass is 35.5. The van der Waals surface area contributed by atoms with Crippen LogP contribution in [-0.2, 0) is 0 Å². The summed E-state index contributed by atoms with van der Waals surface area (Å²) in [5.41, 5.74) is 0.968. The number of hydrogen-bond acceptors (Lipinski definition) is 3. The van der Waals surface area contributed by atoms with E-state index in [4.69, 9.17) is 23.2 Å². The fourth-order valence-corrected chi connectivity index (χ4v) is 2.96. The summed E-state index contributed by atoms with van der Waals surface area (Å²) in [4.78, 5) is 6.41. The fraction of sp³-hybridized carbons (Fsp3) is 0.462. The fourth-order valence-electron chi connectivity index (χ4n) is 2.34. The molecule has 2 rings (SSSR count). The zero-order valence-corrected chi connectivity index (χ0v) is 11.7. The molecule has 1 aliphatic heterocycles. The van der Waals surface area contributed by atoms with Crippen LogP contribution in [0.5, 0.6) is 0 Å². The average Bonchev–Trinajstić information content (AvgIpc) is 2.38. The summed E-state index contributed by atoms with van der Waals surface area (Å²) < 4.78 is 0. The molecule has 0 spiro atoms. The maximum Gasteiger partial charge on any atom is 0.0652 e. The molecule has 0 amide bonds. The van der Waals surface area contributed by atoms with Crippen LogP contribution < -0.4 is 5.32 Å². The molecule has 0 bridgehead atoms. The predicted octanol–water partition coefficient (Wildman–Crippen LogP) is 2.91.